The monoisotopic (exact) mass is 652 g/mol. The van der Waals surface area contributed by atoms with E-state index >= 15 is 0 Å². The number of hydrogen-bond acceptors (Lipinski definition) is 8. The number of piperidine rings is 2. The number of benzene rings is 2. The molecule has 12 nitrogen and oxygen atoms in total. The van der Waals surface area contributed by atoms with Gasteiger partial charge in [0.05, 0.1) is 35.7 Å². The molecule has 0 radical (unpaired) electrons. The summed E-state index contributed by atoms with van der Waals surface area (Å²) in [5.74, 6) is -1.75. The topological polar surface area (TPSA) is 155 Å². The second kappa shape index (κ2) is 11.5. The second-order valence-electron chi connectivity index (χ2n) is 14.2. The first-order valence-corrected chi connectivity index (χ1v) is 16.7. The van der Waals surface area contributed by atoms with Gasteiger partial charge in [0.25, 0.3) is 0 Å². The van der Waals surface area contributed by atoms with Crippen LogP contribution in [0.25, 0.3) is 21.8 Å². The van der Waals surface area contributed by atoms with E-state index in [9.17, 15) is 19.2 Å². The molecule has 250 valence electrons. The molecule has 4 aliphatic rings. The molecule has 8 rings (SSSR count). The molecule has 6 atom stereocenters. The Labute approximate surface area is 277 Å². The minimum absolute atomic E-state index is 0.150. The Hall–Kier alpha value is -4.68. The van der Waals surface area contributed by atoms with Crippen molar-refractivity contribution >= 4 is 45.6 Å². The van der Waals surface area contributed by atoms with Crippen LogP contribution in [0, 0.1) is 11.8 Å². The van der Waals surface area contributed by atoms with Gasteiger partial charge in [0.1, 0.15) is 0 Å². The zero-order valence-electron chi connectivity index (χ0n) is 27.1. The van der Waals surface area contributed by atoms with E-state index in [0.29, 0.717) is 25.9 Å². The highest BCUT2D eigenvalue weighted by molar-refractivity contribution is 5.91. The lowest BCUT2D eigenvalue weighted by molar-refractivity contribution is -0.150. The fourth-order valence-corrected chi connectivity index (χ4v) is 9.11. The van der Waals surface area contributed by atoms with Gasteiger partial charge in [0, 0.05) is 60.2 Å². The molecule has 48 heavy (non-hydrogen) atoms. The smallest absolute Gasteiger partial charge is 0.333 e. The zero-order chi connectivity index (χ0) is 33.4. The third-order valence-electron chi connectivity index (χ3n) is 11.4. The summed E-state index contributed by atoms with van der Waals surface area (Å²) in [6, 6.07) is 12.4. The van der Waals surface area contributed by atoms with Gasteiger partial charge in [0.2, 0.25) is 11.8 Å². The Bertz CT molecular complexity index is 1860. The van der Waals surface area contributed by atoms with E-state index in [1.54, 1.807) is 0 Å². The van der Waals surface area contributed by atoms with Gasteiger partial charge in [-0.25, -0.2) is 9.59 Å². The lowest BCUT2D eigenvalue weighted by atomic mass is 9.72. The van der Waals surface area contributed by atoms with Crippen molar-refractivity contribution in [1.82, 2.24) is 19.3 Å². The van der Waals surface area contributed by atoms with Gasteiger partial charge in [0.15, 0.2) is 0 Å². The number of rotatable bonds is 7. The molecule has 2 aliphatic carbocycles. The quantitative estimate of drug-likeness (QED) is 0.307. The lowest BCUT2D eigenvalue weighted by Crippen LogP contribution is -2.50. The maximum absolute atomic E-state index is 13.0. The standard InChI is InChI=1S/C36H40N6O6/c1-39-15-21(35(37)45)11-25-23-5-3-7-27-33(23)19(13-29(25)39)17-41(27)47-31(43)9-10-32(44)48-42-18-20-14-30-26(12-22(36(38)46)16-40(30)2)24-6-4-8-28(42)34(20)24/h3-8,17-18,21-22,25-26,29-30H,9-16H2,1-2H3,(H2,37,45)(H2,38,46)/t21?,22?,25-,26-,29-,30-/m1/s1. The highest BCUT2D eigenvalue weighted by Gasteiger charge is 2.43. The van der Waals surface area contributed by atoms with Crippen LogP contribution in [0.4, 0.5) is 0 Å². The lowest BCUT2D eigenvalue weighted by Gasteiger charge is -2.44. The molecule has 2 aliphatic heterocycles. The first-order chi connectivity index (χ1) is 23.1. The maximum Gasteiger partial charge on any atom is 0.333 e. The molecule has 12 heteroatoms. The molecule has 4 N–H and O–H groups in total. The highest BCUT2D eigenvalue weighted by atomic mass is 16.7. The summed E-state index contributed by atoms with van der Waals surface area (Å²) in [5, 5.41) is 2.10. The van der Waals surface area contributed by atoms with Crippen LogP contribution in [-0.4, -0.2) is 82.3 Å². The first-order valence-electron chi connectivity index (χ1n) is 16.7. The molecule has 4 aromatic rings. The van der Waals surface area contributed by atoms with Crippen LogP contribution in [0.15, 0.2) is 48.8 Å². The van der Waals surface area contributed by atoms with E-state index < -0.39 is 11.9 Å². The van der Waals surface area contributed by atoms with E-state index in [1.165, 1.54) is 9.46 Å². The van der Waals surface area contributed by atoms with Crippen molar-refractivity contribution in [2.45, 2.75) is 62.4 Å². The molecule has 2 unspecified atom stereocenters. The molecule has 0 spiro atoms. The predicted molar refractivity (Wildman–Crippen MR) is 177 cm³/mol. The Balaban J connectivity index is 0.957. The molecular formula is C36H40N6O6. The van der Waals surface area contributed by atoms with Crippen molar-refractivity contribution in [3.05, 3.63) is 71.0 Å². The number of carbonyl (C=O) groups is 4. The molecule has 0 saturated carbocycles. The van der Waals surface area contributed by atoms with E-state index in [-0.39, 0.29) is 60.4 Å². The highest BCUT2D eigenvalue weighted by Crippen LogP contribution is 2.46. The SMILES string of the molecule is CN1CC(C(N)=O)C[C@@H]2c3cccc4c3c(cn4OC(=O)CCC(=O)On3cc4c5c(cccc53)[C@H]3CC(C(N)=O)CN(C)[C@@H]3C4)C[C@H]21. The fraction of sp³-hybridized carbons (Fsp3) is 0.444. The number of hydrogen-bond donors (Lipinski definition) is 2. The number of amides is 2. The Morgan fingerprint density at radius 2 is 1.10 bits per heavy atom. The summed E-state index contributed by atoms with van der Waals surface area (Å²) in [4.78, 5) is 66.2. The van der Waals surface area contributed by atoms with Gasteiger partial charge < -0.3 is 30.9 Å². The van der Waals surface area contributed by atoms with E-state index in [1.807, 2.05) is 50.8 Å². The number of nitrogens with zero attached hydrogens (tertiary/aromatic N) is 4. The Morgan fingerprint density at radius 3 is 1.50 bits per heavy atom. The number of likely N-dealkylation sites (tertiary alicyclic amines) is 2. The number of aromatic nitrogens is 2. The van der Waals surface area contributed by atoms with Crippen LogP contribution in [0.3, 0.4) is 0 Å². The molecule has 2 aromatic carbocycles. The largest absolute Gasteiger partial charge is 0.369 e. The second-order valence-corrected chi connectivity index (χ2v) is 14.2. The summed E-state index contributed by atoms with van der Waals surface area (Å²) in [7, 11) is 4.06. The van der Waals surface area contributed by atoms with Gasteiger partial charge in [-0.2, -0.15) is 9.46 Å². The normalized spacial score (nSPS) is 26.5. The van der Waals surface area contributed by atoms with Crippen molar-refractivity contribution in [2.24, 2.45) is 23.3 Å². The maximum atomic E-state index is 13.0. The number of fused-ring (bicyclic) bond motifs is 4. The molecule has 2 aromatic heterocycles. The van der Waals surface area contributed by atoms with Crippen LogP contribution in [0.1, 0.15) is 59.8 Å². The average Bonchev–Trinajstić information content (AvgIpc) is 3.59. The van der Waals surface area contributed by atoms with Crippen molar-refractivity contribution in [3.8, 4) is 0 Å². The zero-order valence-corrected chi connectivity index (χ0v) is 27.1. The van der Waals surface area contributed by atoms with E-state index in [4.69, 9.17) is 21.1 Å². The summed E-state index contributed by atoms with van der Waals surface area (Å²) in [6.45, 7) is 1.26. The summed E-state index contributed by atoms with van der Waals surface area (Å²) >= 11 is 0. The molecule has 2 fully saturated rings. The van der Waals surface area contributed by atoms with Crippen LogP contribution in [0.2, 0.25) is 0 Å². The van der Waals surface area contributed by atoms with Gasteiger partial charge >= 0.3 is 11.9 Å². The van der Waals surface area contributed by atoms with Gasteiger partial charge in [-0.1, -0.05) is 24.3 Å². The third kappa shape index (κ3) is 4.96. The minimum atomic E-state index is -0.544. The van der Waals surface area contributed by atoms with Gasteiger partial charge in [-0.3, -0.25) is 9.59 Å². The number of nitrogens with two attached hydrogens (primary N) is 2. The molecule has 0 bridgehead atoms. The van der Waals surface area contributed by atoms with Crippen LogP contribution in [0.5, 0.6) is 0 Å². The van der Waals surface area contributed by atoms with Crippen LogP contribution in [-0.2, 0) is 32.0 Å². The fourth-order valence-electron chi connectivity index (χ4n) is 9.11. The number of likely N-dealkylation sites (N-methyl/N-ethyl adjacent to an activating group) is 2. The molecule has 2 saturated heterocycles. The summed E-state index contributed by atoms with van der Waals surface area (Å²) < 4.78 is 3.01. The van der Waals surface area contributed by atoms with Crippen molar-refractivity contribution in [2.75, 3.05) is 27.2 Å². The first kappa shape index (κ1) is 30.6. The van der Waals surface area contributed by atoms with E-state index in [2.05, 4.69) is 21.9 Å². The van der Waals surface area contributed by atoms with Gasteiger partial charge in [-0.05, 0) is 74.2 Å². The number of primary amides is 2. The average molecular weight is 653 g/mol. The van der Waals surface area contributed by atoms with Crippen LogP contribution < -0.4 is 21.1 Å². The van der Waals surface area contributed by atoms with Gasteiger partial charge in [-0.15, -0.1) is 0 Å². The van der Waals surface area contributed by atoms with Crippen molar-refractivity contribution < 1.29 is 28.9 Å². The summed E-state index contributed by atoms with van der Waals surface area (Å²) in [6.07, 6.45) is 6.37. The number of carbonyl (C=O) groups excluding carboxylic acids is 4. The predicted octanol–water partition coefficient (Wildman–Crippen LogP) is 1.88. The van der Waals surface area contributed by atoms with E-state index in [0.717, 1.165) is 56.9 Å². The van der Waals surface area contributed by atoms with Crippen molar-refractivity contribution in [3.63, 3.8) is 0 Å². The minimum Gasteiger partial charge on any atom is -0.369 e. The van der Waals surface area contributed by atoms with Crippen LogP contribution >= 0.6 is 0 Å². The molecule has 2 amide bonds. The van der Waals surface area contributed by atoms with Crippen molar-refractivity contribution in [1.29, 1.82) is 0 Å². The Morgan fingerprint density at radius 1 is 0.688 bits per heavy atom. The molecular weight excluding hydrogens is 612 g/mol. The third-order valence-corrected chi connectivity index (χ3v) is 11.4. The summed E-state index contributed by atoms with van der Waals surface area (Å²) in [5.41, 5.74) is 17.4. The molecule has 4 heterocycles. The Kier molecular flexibility index (Phi) is 7.33.